The van der Waals surface area contributed by atoms with Crippen LogP contribution in [0.1, 0.15) is 40.4 Å². The number of carbonyl (C=O) groups is 1. The van der Waals surface area contributed by atoms with Gasteiger partial charge in [0.25, 0.3) is 5.91 Å². The van der Waals surface area contributed by atoms with Gasteiger partial charge in [0.1, 0.15) is 0 Å². The number of aromatic amines is 1. The van der Waals surface area contributed by atoms with Crippen LogP contribution in [0, 0.1) is 0 Å². The van der Waals surface area contributed by atoms with Crippen molar-refractivity contribution in [1.82, 2.24) is 15.1 Å². The van der Waals surface area contributed by atoms with E-state index in [0.717, 1.165) is 6.07 Å². The minimum absolute atomic E-state index is 0.225. The molecule has 1 saturated heterocycles. The molecular weight excluding hydrogens is 391 g/mol. The second-order valence-electron chi connectivity index (χ2n) is 6.91. The van der Waals surface area contributed by atoms with Gasteiger partial charge in [-0.3, -0.25) is 9.89 Å². The van der Waals surface area contributed by atoms with Gasteiger partial charge >= 0.3 is 6.18 Å². The summed E-state index contributed by atoms with van der Waals surface area (Å²) in [4.78, 5) is 14.5. The number of alkyl halides is 3. The second kappa shape index (κ2) is 7.13. The van der Waals surface area contributed by atoms with Crippen LogP contribution in [0.2, 0.25) is 5.02 Å². The molecule has 1 N–H and O–H groups in total. The molecule has 1 aliphatic heterocycles. The Balaban J connectivity index is 1.51. The average Bonchev–Trinajstić information content (AvgIpc) is 3.10. The molecule has 146 valence electrons. The van der Waals surface area contributed by atoms with E-state index >= 15 is 0 Å². The van der Waals surface area contributed by atoms with Crippen LogP contribution in [0.3, 0.4) is 0 Å². The Hall–Kier alpha value is -2.54. The van der Waals surface area contributed by atoms with Crippen molar-refractivity contribution in [2.24, 2.45) is 0 Å². The second-order valence-corrected chi connectivity index (χ2v) is 7.35. The number of nitrogens with one attached hydrogen (secondary N) is 1. The van der Waals surface area contributed by atoms with Crippen molar-refractivity contribution in [1.29, 1.82) is 0 Å². The minimum Gasteiger partial charge on any atom is -0.337 e. The van der Waals surface area contributed by atoms with Gasteiger partial charge in [-0.15, -0.1) is 0 Å². The van der Waals surface area contributed by atoms with Gasteiger partial charge in [0, 0.05) is 23.5 Å². The molecule has 3 aromatic rings. The quantitative estimate of drug-likeness (QED) is 0.630. The lowest BCUT2D eigenvalue weighted by Crippen LogP contribution is -2.38. The zero-order valence-corrected chi connectivity index (χ0v) is 15.5. The zero-order chi connectivity index (χ0) is 19.9. The fourth-order valence-corrected chi connectivity index (χ4v) is 3.98. The maximum Gasteiger partial charge on any atom is 0.416 e. The number of likely N-dealkylation sites (tertiary alicyclic amines) is 1. The maximum absolute atomic E-state index is 13.3. The highest BCUT2D eigenvalue weighted by Crippen LogP contribution is 2.38. The van der Waals surface area contributed by atoms with Crippen LogP contribution in [-0.4, -0.2) is 34.1 Å². The number of hydrogen-bond acceptors (Lipinski definition) is 2. The number of amides is 1. The van der Waals surface area contributed by atoms with E-state index in [4.69, 9.17) is 11.6 Å². The summed E-state index contributed by atoms with van der Waals surface area (Å²) in [7, 11) is 0. The summed E-state index contributed by atoms with van der Waals surface area (Å²) >= 11 is 5.95. The average molecular weight is 408 g/mol. The molecule has 1 amide bonds. The van der Waals surface area contributed by atoms with Gasteiger partial charge in [-0.05, 0) is 48.6 Å². The fourth-order valence-electron chi connectivity index (χ4n) is 3.81. The van der Waals surface area contributed by atoms with E-state index in [9.17, 15) is 18.0 Å². The van der Waals surface area contributed by atoms with Crippen molar-refractivity contribution in [3.8, 4) is 0 Å². The summed E-state index contributed by atoms with van der Waals surface area (Å²) in [5, 5.41) is 8.13. The molecule has 28 heavy (non-hydrogen) atoms. The summed E-state index contributed by atoms with van der Waals surface area (Å²) in [5.74, 6) is -0.451. The van der Waals surface area contributed by atoms with Crippen molar-refractivity contribution < 1.29 is 18.0 Å². The number of piperidine rings is 1. The van der Waals surface area contributed by atoms with Crippen LogP contribution in [0.4, 0.5) is 13.2 Å². The smallest absolute Gasteiger partial charge is 0.337 e. The van der Waals surface area contributed by atoms with E-state index < -0.39 is 11.7 Å². The lowest BCUT2D eigenvalue weighted by Gasteiger charge is -2.33. The zero-order valence-electron chi connectivity index (χ0n) is 14.8. The van der Waals surface area contributed by atoms with Crippen molar-refractivity contribution >= 4 is 28.4 Å². The molecule has 4 nitrogen and oxygen atoms in total. The van der Waals surface area contributed by atoms with Crippen molar-refractivity contribution in [3.05, 3.63) is 64.3 Å². The third-order valence-corrected chi connectivity index (χ3v) is 5.45. The molecule has 0 unspecified atom stereocenters. The molecule has 2 aromatic carbocycles. The lowest BCUT2D eigenvalue weighted by molar-refractivity contribution is -0.138. The number of aromatic nitrogens is 2. The van der Waals surface area contributed by atoms with Crippen LogP contribution in [0.15, 0.2) is 42.5 Å². The molecule has 4 rings (SSSR count). The number of fused-ring (bicyclic) bond motifs is 1. The Labute approximate surface area is 164 Å². The fraction of sp³-hybridized carbons (Fsp3) is 0.300. The highest BCUT2D eigenvalue weighted by atomic mass is 35.5. The summed E-state index contributed by atoms with van der Waals surface area (Å²) in [5.41, 5.74) is 0.697. The maximum atomic E-state index is 13.3. The Morgan fingerprint density at radius 1 is 1.14 bits per heavy atom. The lowest BCUT2D eigenvalue weighted by atomic mass is 9.86. The van der Waals surface area contributed by atoms with Gasteiger partial charge in [-0.2, -0.15) is 18.3 Å². The number of carbonyl (C=O) groups excluding carboxylic acids is 1. The Morgan fingerprint density at radius 2 is 1.86 bits per heavy atom. The molecule has 1 aromatic heterocycles. The van der Waals surface area contributed by atoms with E-state index in [2.05, 4.69) is 10.2 Å². The highest BCUT2D eigenvalue weighted by molar-refractivity contribution is 6.31. The monoisotopic (exact) mass is 407 g/mol. The molecule has 0 bridgehead atoms. The summed E-state index contributed by atoms with van der Waals surface area (Å²) in [6, 6.07) is 10.8. The number of hydrogen-bond donors (Lipinski definition) is 1. The minimum atomic E-state index is -4.38. The first-order valence-corrected chi connectivity index (χ1v) is 9.31. The molecule has 0 radical (unpaired) electrons. The molecule has 1 aliphatic rings. The number of nitrogens with zero attached hydrogens (tertiary/aromatic N) is 2. The summed E-state index contributed by atoms with van der Waals surface area (Å²) < 4.78 is 39.9. The topological polar surface area (TPSA) is 49.0 Å². The molecule has 0 saturated carbocycles. The third-order valence-electron chi connectivity index (χ3n) is 5.22. The first-order valence-electron chi connectivity index (χ1n) is 8.93. The standard InChI is InChI=1S/C20H17ClF3N3O/c21-13-5-6-15-17(11-13)25-26-18(15)19(28)27-9-7-12(8-10-27)14-3-1-2-4-16(14)20(22,23)24/h1-6,11-12H,7-10H2,(H,25,26). The summed E-state index contributed by atoms with van der Waals surface area (Å²) in [6.45, 7) is 0.773. The van der Waals surface area contributed by atoms with Crippen LogP contribution in [0.25, 0.3) is 10.9 Å². The normalized spacial score (nSPS) is 15.9. The molecule has 0 aliphatic carbocycles. The number of benzene rings is 2. The Bertz CT molecular complexity index is 1020. The molecule has 0 atom stereocenters. The molecule has 2 heterocycles. The number of H-pyrrole nitrogens is 1. The Kier molecular flexibility index (Phi) is 4.79. The predicted molar refractivity (Wildman–Crippen MR) is 100 cm³/mol. The van der Waals surface area contributed by atoms with Gasteiger partial charge in [-0.25, -0.2) is 0 Å². The van der Waals surface area contributed by atoms with E-state index in [1.165, 1.54) is 12.1 Å². The van der Waals surface area contributed by atoms with Crippen LogP contribution >= 0.6 is 11.6 Å². The molecular formula is C20H17ClF3N3O. The summed E-state index contributed by atoms with van der Waals surface area (Å²) in [6.07, 6.45) is -3.42. The van der Waals surface area contributed by atoms with Gasteiger partial charge in [0.15, 0.2) is 5.69 Å². The van der Waals surface area contributed by atoms with E-state index in [1.54, 1.807) is 29.2 Å². The van der Waals surface area contributed by atoms with Crippen molar-refractivity contribution in [2.75, 3.05) is 13.1 Å². The predicted octanol–water partition coefficient (Wildman–Crippen LogP) is 5.25. The first kappa shape index (κ1) is 18.8. The number of rotatable bonds is 2. The van der Waals surface area contributed by atoms with E-state index in [1.807, 2.05) is 0 Å². The van der Waals surface area contributed by atoms with E-state index in [-0.39, 0.29) is 11.8 Å². The van der Waals surface area contributed by atoms with Crippen molar-refractivity contribution in [2.45, 2.75) is 24.9 Å². The Morgan fingerprint density at radius 3 is 2.57 bits per heavy atom. The SMILES string of the molecule is O=C(c1n[nH]c2cc(Cl)ccc12)N1CCC(c2ccccc2C(F)(F)F)CC1. The van der Waals surface area contributed by atoms with Gasteiger partial charge in [-0.1, -0.05) is 29.8 Å². The third kappa shape index (κ3) is 3.46. The van der Waals surface area contributed by atoms with Gasteiger partial charge < -0.3 is 4.90 Å². The highest BCUT2D eigenvalue weighted by Gasteiger charge is 2.36. The largest absolute Gasteiger partial charge is 0.416 e. The molecule has 8 heteroatoms. The first-order chi connectivity index (χ1) is 13.3. The van der Waals surface area contributed by atoms with Crippen molar-refractivity contribution in [3.63, 3.8) is 0 Å². The van der Waals surface area contributed by atoms with Crippen LogP contribution < -0.4 is 0 Å². The molecule has 1 fully saturated rings. The van der Waals surface area contributed by atoms with Gasteiger partial charge in [0.05, 0.1) is 11.1 Å². The molecule has 0 spiro atoms. The van der Waals surface area contributed by atoms with Gasteiger partial charge in [0.2, 0.25) is 0 Å². The number of halogens is 4. The van der Waals surface area contributed by atoms with Crippen LogP contribution in [0.5, 0.6) is 0 Å². The van der Waals surface area contributed by atoms with Crippen LogP contribution in [-0.2, 0) is 6.18 Å². The van der Waals surface area contributed by atoms with E-state index in [0.29, 0.717) is 53.1 Å².